The molecule has 116 valence electrons. The molecular weight excluding hydrogens is 315 g/mol. The van der Waals surface area contributed by atoms with Gasteiger partial charge in [-0.2, -0.15) is 0 Å². The van der Waals surface area contributed by atoms with Crippen molar-refractivity contribution in [3.05, 3.63) is 60.4 Å². The Kier molecular flexibility index (Phi) is 1.78. The van der Waals surface area contributed by atoms with Crippen LogP contribution in [0.2, 0.25) is 0 Å². The lowest BCUT2D eigenvalue weighted by molar-refractivity contribution is 0.584. The van der Waals surface area contributed by atoms with Crippen LogP contribution in [-0.4, -0.2) is 0 Å². The summed E-state index contributed by atoms with van der Waals surface area (Å²) in [6, 6.07) is 17.4. The zero-order valence-corrected chi connectivity index (χ0v) is 12.9. The minimum absolute atomic E-state index is 0.325. The zero-order chi connectivity index (χ0) is 16.3. The number of hydrogen-bond acceptors (Lipinski definition) is 2. The summed E-state index contributed by atoms with van der Waals surface area (Å²) in [7, 11) is 0. The lowest BCUT2D eigenvalue weighted by Crippen LogP contribution is -1.82. The van der Waals surface area contributed by atoms with Crippen molar-refractivity contribution in [2.45, 2.75) is 0 Å². The Morgan fingerprint density at radius 2 is 1.28 bits per heavy atom. The normalized spacial score (nSPS) is 13.0. The van der Waals surface area contributed by atoms with Crippen molar-refractivity contribution in [3.63, 3.8) is 0 Å². The molecule has 0 aliphatic heterocycles. The van der Waals surface area contributed by atoms with Crippen LogP contribution in [0.5, 0.6) is 0 Å². The fourth-order valence-electron chi connectivity index (χ4n) is 4.50. The summed E-state index contributed by atoms with van der Waals surface area (Å²) >= 11 is 0. The molecule has 0 radical (unpaired) electrons. The highest BCUT2D eigenvalue weighted by atomic mass is 19.1. The number of rotatable bonds is 0. The van der Waals surface area contributed by atoms with Gasteiger partial charge in [-0.1, -0.05) is 30.3 Å². The van der Waals surface area contributed by atoms with E-state index in [4.69, 9.17) is 8.83 Å². The molecule has 2 aromatic heterocycles. The van der Waals surface area contributed by atoms with Gasteiger partial charge in [0.15, 0.2) is 11.4 Å². The predicted molar refractivity (Wildman–Crippen MR) is 97.5 cm³/mol. The minimum Gasteiger partial charge on any atom is -0.456 e. The molecule has 0 atom stereocenters. The molecular formula is C22H9FO2. The van der Waals surface area contributed by atoms with E-state index in [-0.39, 0.29) is 5.82 Å². The largest absolute Gasteiger partial charge is 0.456 e. The van der Waals surface area contributed by atoms with Crippen molar-refractivity contribution in [1.82, 2.24) is 0 Å². The van der Waals surface area contributed by atoms with E-state index in [1.165, 1.54) is 6.07 Å². The Labute approximate surface area is 140 Å². The maximum absolute atomic E-state index is 14.5. The molecule has 0 bridgehead atoms. The summed E-state index contributed by atoms with van der Waals surface area (Å²) < 4.78 is 26.5. The van der Waals surface area contributed by atoms with Gasteiger partial charge in [-0.15, -0.1) is 0 Å². The molecule has 7 rings (SSSR count). The number of fused-ring (bicyclic) bond motifs is 1. The first kappa shape index (κ1) is 12.1. The fraction of sp³-hybridized carbons (Fsp3) is 0. The van der Waals surface area contributed by atoms with Crippen molar-refractivity contribution in [1.29, 1.82) is 0 Å². The molecule has 1 aliphatic carbocycles. The van der Waals surface area contributed by atoms with Crippen LogP contribution in [0.15, 0.2) is 63.4 Å². The van der Waals surface area contributed by atoms with Gasteiger partial charge in [0.25, 0.3) is 0 Å². The summed E-state index contributed by atoms with van der Waals surface area (Å²) in [4.78, 5) is 0. The Morgan fingerprint density at radius 1 is 0.560 bits per heavy atom. The molecule has 0 saturated heterocycles. The van der Waals surface area contributed by atoms with Crippen LogP contribution in [0.1, 0.15) is 0 Å². The van der Waals surface area contributed by atoms with Gasteiger partial charge >= 0.3 is 0 Å². The van der Waals surface area contributed by atoms with Gasteiger partial charge in [-0.25, -0.2) is 4.39 Å². The van der Waals surface area contributed by atoms with Crippen molar-refractivity contribution in [2.75, 3.05) is 0 Å². The molecule has 0 saturated carbocycles. The summed E-state index contributed by atoms with van der Waals surface area (Å²) in [6.45, 7) is 0. The first-order chi connectivity index (χ1) is 12.3. The first-order valence-corrected chi connectivity index (χ1v) is 8.23. The summed E-state index contributed by atoms with van der Waals surface area (Å²) in [5, 5.41) is 6.22. The number of furan rings is 2. The van der Waals surface area contributed by atoms with E-state index in [1.807, 2.05) is 36.4 Å². The topological polar surface area (TPSA) is 26.3 Å². The lowest BCUT2D eigenvalue weighted by atomic mass is 9.98. The van der Waals surface area contributed by atoms with Crippen LogP contribution in [0.25, 0.3) is 65.8 Å². The molecule has 4 aromatic carbocycles. The third-order valence-electron chi connectivity index (χ3n) is 5.47. The smallest absolute Gasteiger partial charge is 0.171 e. The highest BCUT2D eigenvalue weighted by Crippen LogP contribution is 2.50. The predicted octanol–water partition coefficient (Wildman–Crippen LogP) is 6.76. The van der Waals surface area contributed by atoms with E-state index in [2.05, 4.69) is 12.1 Å². The molecule has 0 fully saturated rings. The highest BCUT2D eigenvalue weighted by molar-refractivity contribution is 6.36. The van der Waals surface area contributed by atoms with Crippen LogP contribution in [0.4, 0.5) is 4.39 Å². The molecule has 6 aromatic rings. The Morgan fingerprint density at radius 3 is 2.16 bits per heavy atom. The van der Waals surface area contributed by atoms with E-state index < -0.39 is 0 Å². The fourth-order valence-corrected chi connectivity index (χ4v) is 4.50. The molecule has 2 heterocycles. The average molecular weight is 324 g/mol. The van der Waals surface area contributed by atoms with E-state index >= 15 is 0 Å². The Balaban J connectivity index is 2.04. The van der Waals surface area contributed by atoms with Crippen molar-refractivity contribution >= 4 is 54.6 Å². The average Bonchev–Trinajstić information content (AvgIpc) is 3.17. The molecule has 0 unspecified atom stereocenters. The van der Waals surface area contributed by atoms with Crippen molar-refractivity contribution in [2.24, 2.45) is 0 Å². The molecule has 2 nitrogen and oxygen atoms in total. The van der Waals surface area contributed by atoms with Gasteiger partial charge in [-0.3, -0.25) is 0 Å². The van der Waals surface area contributed by atoms with E-state index in [1.54, 1.807) is 0 Å². The lowest BCUT2D eigenvalue weighted by Gasteiger charge is -2.04. The van der Waals surface area contributed by atoms with Crippen molar-refractivity contribution in [3.8, 4) is 11.1 Å². The summed E-state index contributed by atoms with van der Waals surface area (Å²) in [6.07, 6.45) is 0. The summed E-state index contributed by atoms with van der Waals surface area (Å²) in [5.41, 5.74) is 4.81. The van der Waals surface area contributed by atoms with Crippen LogP contribution in [0, 0.1) is 5.82 Å². The maximum atomic E-state index is 14.5. The SMILES string of the molecule is Fc1ccc2c3c1oc1ccc4ccc5oc6cccc-2c6c5c4c13. The van der Waals surface area contributed by atoms with Crippen LogP contribution in [0.3, 0.4) is 0 Å². The third kappa shape index (κ3) is 1.19. The molecule has 25 heavy (non-hydrogen) atoms. The van der Waals surface area contributed by atoms with Gasteiger partial charge in [-0.05, 0) is 40.8 Å². The van der Waals surface area contributed by atoms with Gasteiger partial charge in [0.2, 0.25) is 0 Å². The Bertz CT molecular complexity index is 1550. The molecule has 0 N–H and O–H groups in total. The summed E-state index contributed by atoms with van der Waals surface area (Å²) in [5.74, 6) is -0.325. The highest BCUT2D eigenvalue weighted by Gasteiger charge is 2.25. The monoisotopic (exact) mass is 324 g/mol. The van der Waals surface area contributed by atoms with Gasteiger partial charge < -0.3 is 8.83 Å². The van der Waals surface area contributed by atoms with Crippen LogP contribution >= 0.6 is 0 Å². The van der Waals surface area contributed by atoms with E-state index in [0.29, 0.717) is 11.2 Å². The van der Waals surface area contributed by atoms with Crippen LogP contribution in [-0.2, 0) is 0 Å². The Hall–Kier alpha value is -3.33. The van der Waals surface area contributed by atoms with E-state index in [0.717, 1.165) is 54.6 Å². The number of benzene rings is 4. The minimum atomic E-state index is -0.325. The third-order valence-corrected chi connectivity index (χ3v) is 5.47. The second-order valence-electron chi connectivity index (χ2n) is 6.66. The number of hydrogen-bond donors (Lipinski definition) is 0. The number of halogens is 1. The molecule has 3 heteroatoms. The molecule has 0 amide bonds. The van der Waals surface area contributed by atoms with Crippen molar-refractivity contribution < 1.29 is 13.2 Å². The first-order valence-electron chi connectivity index (χ1n) is 8.23. The van der Waals surface area contributed by atoms with Gasteiger partial charge in [0.1, 0.15) is 16.7 Å². The van der Waals surface area contributed by atoms with E-state index in [9.17, 15) is 4.39 Å². The second kappa shape index (κ2) is 3.67. The zero-order valence-electron chi connectivity index (χ0n) is 12.9. The molecule has 0 spiro atoms. The van der Waals surface area contributed by atoms with Gasteiger partial charge in [0, 0.05) is 26.9 Å². The standard InChI is InChI=1S/C22H9FO2/c23-13-7-6-12-11-2-1-3-14-18(11)20-15(24-14)8-4-10-5-9-16-21(17(10)20)19(12)22(13)25-16/h1-9H. The molecule has 1 aliphatic rings. The maximum Gasteiger partial charge on any atom is 0.171 e. The van der Waals surface area contributed by atoms with Gasteiger partial charge in [0.05, 0.1) is 0 Å². The second-order valence-corrected chi connectivity index (χ2v) is 6.66. The van der Waals surface area contributed by atoms with Crippen LogP contribution < -0.4 is 0 Å². The quantitative estimate of drug-likeness (QED) is 0.308.